The fourth-order valence-corrected chi connectivity index (χ4v) is 5.78. The maximum absolute atomic E-state index is 6.27. The van der Waals surface area contributed by atoms with Crippen LogP contribution in [-0.2, 0) is 11.3 Å². The Morgan fingerprint density at radius 1 is 1.12 bits per heavy atom. The minimum absolute atomic E-state index is 0.674. The Balaban J connectivity index is 1.63. The molecule has 0 spiro atoms. The summed E-state index contributed by atoms with van der Waals surface area (Å²) < 4.78 is 6.07. The number of halogens is 1. The summed E-state index contributed by atoms with van der Waals surface area (Å²) in [5.41, 5.74) is 2.29. The van der Waals surface area contributed by atoms with E-state index < -0.39 is 0 Å². The lowest BCUT2D eigenvalue weighted by atomic mass is 10.2. The van der Waals surface area contributed by atoms with E-state index in [0.29, 0.717) is 13.2 Å². The number of rotatable bonds is 6. The van der Waals surface area contributed by atoms with Crippen LogP contribution in [-0.4, -0.2) is 29.7 Å². The van der Waals surface area contributed by atoms with Gasteiger partial charge in [-0.2, -0.15) is 0 Å². The largest absolute Gasteiger partial charge is 0.384 e. The summed E-state index contributed by atoms with van der Waals surface area (Å²) in [5, 5.41) is 10.4. The van der Waals surface area contributed by atoms with Crippen molar-refractivity contribution < 1.29 is 4.74 Å². The first-order valence-corrected chi connectivity index (χ1v) is 11.0. The van der Waals surface area contributed by atoms with E-state index in [-0.39, 0.29) is 0 Å². The van der Waals surface area contributed by atoms with Gasteiger partial charge >= 0.3 is 0 Å². The standard InChI is InChI=1S/C18H16ClN3OS3/c1-23-8-9-24-18-21-20-17(26-18)11-22-13-4-2-3-5-15(13)25-16-7-6-12(19)10-14(16)22/h2-7,10H,8-9,11H2,1H3. The molecule has 26 heavy (non-hydrogen) atoms. The van der Waals surface area contributed by atoms with Gasteiger partial charge in [0.25, 0.3) is 0 Å². The van der Waals surface area contributed by atoms with Crippen molar-refractivity contribution in [3.05, 3.63) is 52.5 Å². The number of para-hydroxylation sites is 1. The Morgan fingerprint density at radius 3 is 2.85 bits per heavy atom. The zero-order valence-electron chi connectivity index (χ0n) is 14.0. The molecule has 3 aromatic rings. The van der Waals surface area contributed by atoms with Crippen LogP contribution in [0.3, 0.4) is 0 Å². The minimum atomic E-state index is 0.674. The Kier molecular flexibility index (Phi) is 5.71. The van der Waals surface area contributed by atoms with Crippen molar-refractivity contribution in [1.29, 1.82) is 0 Å². The predicted octanol–water partition coefficient (Wildman–Crippen LogP) is 5.73. The van der Waals surface area contributed by atoms with Crippen molar-refractivity contribution in [2.45, 2.75) is 20.7 Å². The number of hydrogen-bond acceptors (Lipinski definition) is 7. The lowest BCUT2D eigenvalue weighted by molar-refractivity contribution is 0.218. The number of thioether (sulfide) groups is 1. The lowest BCUT2D eigenvalue weighted by Gasteiger charge is -2.32. The van der Waals surface area contributed by atoms with Gasteiger partial charge in [0.2, 0.25) is 0 Å². The molecule has 0 saturated carbocycles. The Bertz CT molecular complexity index is 918. The maximum Gasteiger partial charge on any atom is 0.174 e. The van der Waals surface area contributed by atoms with E-state index in [4.69, 9.17) is 16.3 Å². The molecule has 0 amide bonds. The fourth-order valence-electron chi connectivity index (χ4n) is 2.68. The van der Waals surface area contributed by atoms with Gasteiger partial charge in [-0.25, -0.2) is 0 Å². The van der Waals surface area contributed by atoms with Crippen LogP contribution in [0.25, 0.3) is 0 Å². The first kappa shape index (κ1) is 18.1. The number of fused-ring (bicyclic) bond motifs is 2. The number of methoxy groups -OCH3 is 1. The first-order chi connectivity index (χ1) is 12.7. The second-order valence-corrected chi connectivity index (χ2v) is 9.50. The van der Waals surface area contributed by atoms with Crippen molar-refractivity contribution in [2.75, 3.05) is 24.4 Å². The Morgan fingerprint density at radius 2 is 1.96 bits per heavy atom. The number of aromatic nitrogens is 2. The van der Waals surface area contributed by atoms with Crippen LogP contribution in [0.4, 0.5) is 11.4 Å². The van der Waals surface area contributed by atoms with Crippen LogP contribution in [0.15, 0.2) is 56.6 Å². The van der Waals surface area contributed by atoms with Crippen LogP contribution in [0.5, 0.6) is 0 Å². The number of nitrogens with zero attached hydrogens (tertiary/aromatic N) is 3. The third kappa shape index (κ3) is 3.87. The van der Waals surface area contributed by atoms with E-state index in [0.717, 1.165) is 25.8 Å². The van der Waals surface area contributed by atoms with Crippen LogP contribution >= 0.6 is 46.5 Å². The molecule has 2 heterocycles. The summed E-state index contributed by atoms with van der Waals surface area (Å²) in [6, 6.07) is 14.5. The highest BCUT2D eigenvalue weighted by molar-refractivity contribution is 8.01. The summed E-state index contributed by atoms with van der Waals surface area (Å²) in [4.78, 5) is 4.71. The average Bonchev–Trinajstić information content (AvgIpc) is 3.10. The highest BCUT2D eigenvalue weighted by atomic mass is 35.5. The summed E-state index contributed by atoms with van der Waals surface area (Å²) in [5.74, 6) is 0.882. The van der Waals surface area contributed by atoms with Crippen LogP contribution in [0, 0.1) is 0 Å². The molecule has 1 aromatic heterocycles. The van der Waals surface area contributed by atoms with Crippen molar-refractivity contribution in [3.8, 4) is 0 Å². The molecular weight excluding hydrogens is 406 g/mol. The van der Waals surface area contributed by atoms with Gasteiger partial charge in [-0.1, -0.05) is 58.6 Å². The van der Waals surface area contributed by atoms with Gasteiger partial charge in [-0.05, 0) is 30.3 Å². The monoisotopic (exact) mass is 421 g/mol. The van der Waals surface area contributed by atoms with Gasteiger partial charge in [-0.15, -0.1) is 10.2 Å². The quantitative estimate of drug-likeness (QED) is 0.373. The second-order valence-electron chi connectivity index (χ2n) is 5.57. The number of benzene rings is 2. The molecule has 2 aromatic carbocycles. The van der Waals surface area contributed by atoms with Crippen molar-refractivity contribution in [3.63, 3.8) is 0 Å². The molecule has 8 heteroatoms. The average molecular weight is 422 g/mol. The molecule has 0 N–H and O–H groups in total. The third-order valence-electron chi connectivity index (χ3n) is 3.84. The van der Waals surface area contributed by atoms with Gasteiger partial charge in [-0.3, -0.25) is 0 Å². The molecule has 1 aliphatic rings. The van der Waals surface area contributed by atoms with Crippen molar-refractivity contribution in [2.24, 2.45) is 0 Å². The lowest BCUT2D eigenvalue weighted by Crippen LogP contribution is -2.20. The van der Waals surface area contributed by atoms with Crippen LogP contribution < -0.4 is 4.90 Å². The molecule has 0 fully saturated rings. The molecule has 0 unspecified atom stereocenters. The second kappa shape index (κ2) is 8.19. The molecule has 4 rings (SSSR count). The summed E-state index contributed by atoms with van der Waals surface area (Å²) in [7, 11) is 1.71. The molecule has 0 aliphatic carbocycles. The van der Waals surface area contributed by atoms with E-state index in [2.05, 4.69) is 45.4 Å². The molecule has 4 nitrogen and oxygen atoms in total. The van der Waals surface area contributed by atoms with Crippen LogP contribution in [0.2, 0.25) is 5.02 Å². The molecule has 0 atom stereocenters. The third-order valence-corrected chi connectivity index (χ3v) is 7.21. The Hall–Kier alpha value is -1.25. The molecule has 0 radical (unpaired) electrons. The summed E-state index contributed by atoms with van der Waals surface area (Å²) in [6.07, 6.45) is 0. The van der Waals surface area contributed by atoms with Crippen LogP contribution in [0.1, 0.15) is 5.01 Å². The fraction of sp³-hybridized carbons (Fsp3) is 0.222. The van der Waals surface area contributed by atoms with E-state index in [1.807, 2.05) is 12.1 Å². The van der Waals surface area contributed by atoms with Gasteiger partial charge in [0.1, 0.15) is 5.01 Å². The molecule has 1 aliphatic heterocycles. The van der Waals surface area contributed by atoms with E-state index in [1.54, 1.807) is 42.0 Å². The first-order valence-electron chi connectivity index (χ1n) is 8.02. The maximum atomic E-state index is 6.27. The van der Waals surface area contributed by atoms with Crippen molar-refractivity contribution in [1.82, 2.24) is 10.2 Å². The zero-order valence-corrected chi connectivity index (χ0v) is 17.2. The topological polar surface area (TPSA) is 38.3 Å². The molecular formula is C18H16ClN3OS3. The van der Waals surface area contributed by atoms with Gasteiger partial charge < -0.3 is 9.64 Å². The number of anilines is 2. The van der Waals surface area contributed by atoms with E-state index in [9.17, 15) is 0 Å². The minimum Gasteiger partial charge on any atom is -0.384 e. The SMILES string of the molecule is COCCSc1nnc(CN2c3ccccc3Sc3ccc(Cl)cc32)s1. The van der Waals surface area contributed by atoms with Gasteiger partial charge in [0, 0.05) is 27.7 Å². The number of hydrogen-bond donors (Lipinski definition) is 0. The number of ether oxygens (including phenoxy) is 1. The normalized spacial score (nSPS) is 12.8. The van der Waals surface area contributed by atoms with E-state index >= 15 is 0 Å². The Labute approximate surface area is 169 Å². The summed E-state index contributed by atoms with van der Waals surface area (Å²) >= 11 is 11.4. The summed E-state index contributed by atoms with van der Waals surface area (Å²) in [6.45, 7) is 1.38. The van der Waals surface area contributed by atoms with Crippen molar-refractivity contribution >= 4 is 57.8 Å². The van der Waals surface area contributed by atoms with Gasteiger partial charge in [0.15, 0.2) is 4.34 Å². The zero-order chi connectivity index (χ0) is 17.9. The van der Waals surface area contributed by atoms with Gasteiger partial charge in [0.05, 0.1) is 24.5 Å². The van der Waals surface area contributed by atoms with E-state index in [1.165, 1.54) is 15.5 Å². The highest BCUT2D eigenvalue weighted by Crippen LogP contribution is 2.49. The molecule has 0 saturated heterocycles. The predicted molar refractivity (Wildman–Crippen MR) is 110 cm³/mol. The molecule has 134 valence electrons. The molecule has 0 bridgehead atoms. The highest BCUT2D eigenvalue weighted by Gasteiger charge is 2.24. The smallest absolute Gasteiger partial charge is 0.174 e.